The number of nitrogens with zero attached hydrogens (tertiary/aromatic N) is 2. The molecule has 0 unspecified atom stereocenters. The molecule has 0 spiro atoms. The first kappa shape index (κ1) is 12.7. The Labute approximate surface area is 103 Å². The number of rotatable bonds is 4. The number of aryl methyl sites for hydroxylation is 1. The minimum absolute atomic E-state index is 0.0277. The van der Waals surface area contributed by atoms with Crippen LogP contribution in [0.25, 0.3) is 0 Å². The average Bonchev–Trinajstić information content (AvgIpc) is 2.73. The number of nitrogens with one attached hydrogen (secondary N) is 1. The van der Waals surface area contributed by atoms with Crippen LogP contribution in [-0.4, -0.2) is 18.6 Å². The molecule has 1 N–H and O–H groups in total. The van der Waals surface area contributed by atoms with E-state index in [4.69, 9.17) is 4.42 Å². The molecule has 0 fully saturated rings. The zero-order chi connectivity index (χ0) is 13.2. The number of aromatic nitrogens is 2. The van der Waals surface area contributed by atoms with E-state index in [1.54, 1.807) is 6.92 Å². The molecule has 18 heavy (non-hydrogen) atoms. The van der Waals surface area contributed by atoms with Gasteiger partial charge in [-0.05, 0) is 24.3 Å². The summed E-state index contributed by atoms with van der Waals surface area (Å²) in [5, 5.41) is 7.22. The molecule has 8 heteroatoms. The number of benzene rings is 1. The van der Waals surface area contributed by atoms with Crippen molar-refractivity contribution < 1.29 is 17.2 Å². The SMILES string of the molecule is Cc1nnc(CNS(=O)(=O)c2ccc(F)cc2)o1. The molecule has 0 aliphatic heterocycles. The molecule has 0 radical (unpaired) electrons. The lowest BCUT2D eigenvalue weighted by Gasteiger charge is -2.04. The van der Waals surface area contributed by atoms with Crippen molar-refractivity contribution in [1.29, 1.82) is 0 Å². The third kappa shape index (κ3) is 2.90. The van der Waals surface area contributed by atoms with Crippen molar-refractivity contribution in [3.8, 4) is 0 Å². The predicted octanol–water partition coefficient (Wildman–Crippen LogP) is 0.996. The van der Waals surface area contributed by atoms with E-state index in [1.807, 2.05) is 0 Å². The van der Waals surface area contributed by atoms with Gasteiger partial charge in [-0.3, -0.25) is 0 Å². The van der Waals surface area contributed by atoms with E-state index in [-0.39, 0.29) is 17.3 Å². The fourth-order valence-electron chi connectivity index (χ4n) is 1.26. The van der Waals surface area contributed by atoms with Gasteiger partial charge in [-0.15, -0.1) is 10.2 Å². The Morgan fingerprint density at radius 3 is 2.50 bits per heavy atom. The van der Waals surface area contributed by atoms with Crippen molar-refractivity contribution in [2.45, 2.75) is 18.4 Å². The number of hydrogen-bond donors (Lipinski definition) is 1. The molecule has 0 atom stereocenters. The smallest absolute Gasteiger partial charge is 0.241 e. The average molecular weight is 271 g/mol. The first-order valence-corrected chi connectivity index (χ1v) is 6.50. The molecule has 2 rings (SSSR count). The maximum atomic E-state index is 12.7. The third-order valence-electron chi connectivity index (χ3n) is 2.11. The summed E-state index contributed by atoms with van der Waals surface area (Å²) in [6.07, 6.45) is 0. The molecule has 0 aliphatic rings. The second-order valence-corrected chi connectivity index (χ2v) is 5.26. The van der Waals surface area contributed by atoms with E-state index in [2.05, 4.69) is 14.9 Å². The second-order valence-electron chi connectivity index (χ2n) is 3.49. The van der Waals surface area contributed by atoms with E-state index >= 15 is 0 Å². The topological polar surface area (TPSA) is 85.1 Å². The van der Waals surface area contributed by atoms with E-state index in [9.17, 15) is 12.8 Å². The van der Waals surface area contributed by atoms with E-state index in [0.29, 0.717) is 5.89 Å². The molecular formula is C10H10FN3O3S. The van der Waals surface area contributed by atoms with Gasteiger partial charge in [0.15, 0.2) is 0 Å². The lowest BCUT2D eigenvalue weighted by Crippen LogP contribution is -2.23. The Kier molecular flexibility index (Phi) is 3.39. The Bertz CT molecular complexity index is 637. The van der Waals surface area contributed by atoms with Gasteiger partial charge in [-0.2, -0.15) is 0 Å². The van der Waals surface area contributed by atoms with Crippen molar-refractivity contribution in [1.82, 2.24) is 14.9 Å². The quantitative estimate of drug-likeness (QED) is 0.896. The van der Waals surface area contributed by atoms with Gasteiger partial charge in [0, 0.05) is 6.92 Å². The van der Waals surface area contributed by atoms with Crippen LogP contribution in [0.4, 0.5) is 4.39 Å². The molecule has 0 bridgehead atoms. The summed E-state index contributed by atoms with van der Waals surface area (Å²) in [4.78, 5) is -0.0277. The summed E-state index contributed by atoms with van der Waals surface area (Å²) in [6.45, 7) is 1.49. The molecular weight excluding hydrogens is 261 g/mol. The summed E-state index contributed by atoms with van der Waals surface area (Å²) in [6, 6.07) is 4.50. The molecule has 6 nitrogen and oxygen atoms in total. The molecule has 0 saturated carbocycles. The van der Waals surface area contributed by atoms with Gasteiger partial charge in [0.1, 0.15) is 5.82 Å². The van der Waals surface area contributed by atoms with Crippen LogP contribution in [0.15, 0.2) is 33.6 Å². The molecule has 0 amide bonds. The summed E-state index contributed by atoms with van der Waals surface area (Å²) in [5.41, 5.74) is 0. The Morgan fingerprint density at radius 2 is 1.94 bits per heavy atom. The van der Waals surface area contributed by atoms with Crippen molar-refractivity contribution in [3.05, 3.63) is 41.9 Å². The van der Waals surface area contributed by atoms with Crippen LogP contribution in [0, 0.1) is 12.7 Å². The lowest BCUT2D eigenvalue weighted by molar-refractivity contribution is 0.460. The number of halogens is 1. The van der Waals surface area contributed by atoms with Gasteiger partial charge >= 0.3 is 0 Å². The maximum Gasteiger partial charge on any atom is 0.241 e. The van der Waals surface area contributed by atoms with Crippen LogP contribution in [-0.2, 0) is 16.6 Å². The Hall–Kier alpha value is -1.80. The van der Waals surface area contributed by atoms with Crippen LogP contribution in [0.1, 0.15) is 11.8 Å². The minimum atomic E-state index is -3.71. The zero-order valence-corrected chi connectivity index (χ0v) is 10.2. The van der Waals surface area contributed by atoms with Gasteiger partial charge in [0.2, 0.25) is 21.8 Å². The summed E-state index contributed by atoms with van der Waals surface area (Å²) in [5.74, 6) is 0.0191. The molecule has 1 aromatic heterocycles. The van der Waals surface area contributed by atoms with Gasteiger partial charge in [-0.25, -0.2) is 17.5 Å². The summed E-state index contributed by atoms with van der Waals surface area (Å²) < 4.78 is 43.6. The highest BCUT2D eigenvalue weighted by molar-refractivity contribution is 7.89. The van der Waals surface area contributed by atoms with Crippen molar-refractivity contribution in [2.24, 2.45) is 0 Å². The Balaban J connectivity index is 2.10. The highest BCUT2D eigenvalue weighted by Gasteiger charge is 2.15. The van der Waals surface area contributed by atoms with Crippen LogP contribution < -0.4 is 4.72 Å². The fourth-order valence-corrected chi connectivity index (χ4v) is 2.24. The van der Waals surface area contributed by atoms with Crippen LogP contribution in [0.5, 0.6) is 0 Å². The van der Waals surface area contributed by atoms with Crippen LogP contribution in [0.3, 0.4) is 0 Å². The Morgan fingerprint density at radius 1 is 1.28 bits per heavy atom. The van der Waals surface area contributed by atoms with Crippen LogP contribution >= 0.6 is 0 Å². The van der Waals surface area contributed by atoms with Crippen LogP contribution in [0.2, 0.25) is 0 Å². The van der Waals surface area contributed by atoms with E-state index in [1.165, 1.54) is 12.1 Å². The van der Waals surface area contributed by atoms with Gasteiger partial charge in [0.25, 0.3) is 0 Å². The first-order chi connectivity index (χ1) is 8.47. The van der Waals surface area contributed by atoms with Gasteiger partial charge < -0.3 is 4.42 Å². The zero-order valence-electron chi connectivity index (χ0n) is 9.42. The first-order valence-electron chi connectivity index (χ1n) is 5.01. The number of hydrogen-bond acceptors (Lipinski definition) is 5. The predicted molar refractivity (Wildman–Crippen MR) is 59.5 cm³/mol. The molecule has 0 saturated heterocycles. The monoisotopic (exact) mass is 271 g/mol. The van der Waals surface area contributed by atoms with E-state index in [0.717, 1.165) is 12.1 Å². The molecule has 1 aromatic carbocycles. The second kappa shape index (κ2) is 4.83. The fraction of sp³-hybridized carbons (Fsp3) is 0.200. The standard InChI is InChI=1S/C10H10FN3O3S/c1-7-13-14-10(17-7)6-12-18(15,16)9-4-2-8(11)3-5-9/h2-5,12H,6H2,1H3. The third-order valence-corrected chi connectivity index (χ3v) is 3.52. The highest BCUT2D eigenvalue weighted by atomic mass is 32.2. The minimum Gasteiger partial charge on any atom is -0.424 e. The maximum absolute atomic E-state index is 12.7. The van der Waals surface area contributed by atoms with Crippen molar-refractivity contribution >= 4 is 10.0 Å². The highest BCUT2D eigenvalue weighted by Crippen LogP contribution is 2.10. The molecule has 2 aromatic rings. The lowest BCUT2D eigenvalue weighted by atomic mass is 10.4. The van der Waals surface area contributed by atoms with Gasteiger partial charge in [-0.1, -0.05) is 0 Å². The molecule has 0 aliphatic carbocycles. The number of sulfonamides is 1. The molecule has 96 valence electrons. The molecule has 1 heterocycles. The normalized spacial score (nSPS) is 11.7. The summed E-state index contributed by atoms with van der Waals surface area (Å²) in [7, 11) is -3.71. The van der Waals surface area contributed by atoms with Crippen molar-refractivity contribution in [2.75, 3.05) is 0 Å². The largest absolute Gasteiger partial charge is 0.424 e. The van der Waals surface area contributed by atoms with Gasteiger partial charge in [0.05, 0.1) is 11.4 Å². The van der Waals surface area contributed by atoms with E-state index < -0.39 is 15.8 Å². The summed E-state index contributed by atoms with van der Waals surface area (Å²) >= 11 is 0. The van der Waals surface area contributed by atoms with Crippen molar-refractivity contribution in [3.63, 3.8) is 0 Å².